The minimum absolute atomic E-state index is 0.0781. The first-order chi connectivity index (χ1) is 5.66. The van der Waals surface area contributed by atoms with Gasteiger partial charge in [-0.25, -0.2) is 4.98 Å². The second-order valence-electron chi connectivity index (χ2n) is 3.06. The third-order valence-electron chi connectivity index (χ3n) is 1.85. The van der Waals surface area contributed by atoms with E-state index in [2.05, 4.69) is 11.9 Å². The second kappa shape index (κ2) is 2.62. The van der Waals surface area contributed by atoms with Crippen molar-refractivity contribution in [2.75, 3.05) is 0 Å². The van der Waals surface area contributed by atoms with Crippen LogP contribution in [0.5, 0.6) is 0 Å². The third-order valence-corrected chi connectivity index (χ3v) is 2.92. The summed E-state index contributed by atoms with van der Waals surface area (Å²) < 4.78 is 1.74. The van der Waals surface area contributed by atoms with E-state index in [0.29, 0.717) is 5.25 Å². The molecule has 0 N–H and O–H groups in total. The van der Waals surface area contributed by atoms with Crippen LogP contribution in [0.1, 0.15) is 12.6 Å². The number of thioether (sulfide) groups is 1. The summed E-state index contributed by atoms with van der Waals surface area (Å²) in [5.41, 5.74) is 0.891. The van der Waals surface area contributed by atoms with Crippen molar-refractivity contribution in [3.05, 3.63) is 22.1 Å². The van der Waals surface area contributed by atoms with E-state index >= 15 is 0 Å². The molecule has 2 heterocycles. The summed E-state index contributed by atoms with van der Waals surface area (Å²) in [5.74, 6) is 0. The quantitative estimate of drug-likeness (QED) is 0.562. The Balaban J connectivity index is 2.60. The maximum atomic E-state index is 11.4. The normalized spacial score (nSPS) is 21.0. The fraction of sp³-hybridized carbons (Fsp3) is 0.500. The summed E-state index contributed by atoms with van der Waals surface area (Å²) in [6.07, 6.45) is 0. The lowest BCUT2D eigenvalue weighted by Gasteiger charge is -1.99. The Morgan fingerprint density at radius 3 is 3.25 bits per heavy atom. The Kier molecular flexibility index (Phi) is 1.72. The van der Waals surface area contributed by atoms with Crippen LogP contribution >= 0.6 is 11.8 Å². The molecule has 2 rings (SSSR count). The van der Waals surface area contributed by atoms with Crippen molar-refractivity contribution in [2.45, 2.75) is 30.8 Å². The predicted octanol–water partition coefficient (Wildman–Crippen LogP) is 1.05. The van der Waals surface area contributed by atoms with Crippen molar-refractivity contribution >= 4 is 11.8 Å². The van der Waals surface area contributed by atoms with Crippen molar-refractivity contribution in [1.29, 1.82) is 0 Å². The van der Waals surface area contributed by atoms with Crippen LogP contribution in [0, 0.1) is 6.92 Å². The average Bonchev–Trinajstić information content (AvgIpc) is 2.29. The topological polar surface area (TPSA) is 34.9 Å². The van der Waals surface area contributed by atoms with Crippen LogP contribution in [0.2, 0.25) is 0 Å². The van der Waals surface area contributed by atoms with Gasteiger partial charge in [-0.3, -0.25) is 9.36 Å². The summed E-state index contributed by atoms with van der Waals surface area (Å²) in [5, 5.41) is 1.35. The number of rotatable bonds is 0. The molecule has 1 aromatic rings. The second-order valence-corrected chi connectivity index (χ2v) is 4.46. The Hall–Kier alpha value is -0.770. The van der Waals surface area contributed by atoms with E-state index in [0.717, 1.165) is 17.4 Å². The lowest BCUT2D eigenvalue weighted by molar-refractivity contribution is 0.614. The fourth-order valence-electron chi connectivity index (χ4n) is 1.33. The Morgan fingerprint density at radius 2 is 2.50 bits per heavy atom. The van der Waals surface area contributed by atoms with Crippen molar-refractivity contribution < 1.29 is 0 Å². The van der Waals surface area contributed by atoms with Gasteiger partial charge < -0.3 is 0 Å². The first-order valence-corrected chi connectivity index (χ1v) is 4.80. The van der Waals surface area contributed by atoms with Gasteiger partial charge in [-0.1, -0.05) is 18.7 Å². The highest BCUT2D eigenvalue weighted by Crippen LogP contribution is 2.27. The zero-order valence-electron chi connectivity index (χ0n) is 7.07. The zero-order valence-corrected chi connectivity index (χ0v) is 7.89. The molecule has 0 saturated heterocycles. The van der Waals surface area contributed by atoms with E-state index in [4.69, 9.17) is 0 Å². The molecule has 0 aromatic carbocycles. The number of hydrogen-bond donors (Lipinski definition) is 0. The summed E-state index contributed by atoms with van der Waals surface area (Å²) >= 11 is 1.67. The van der Waals surface area contributed by atoms with Crippen LogP contribution in [0.15, 0.2) is 16.0 Å². The highest BCUT2D eigenvalue weighted by Gasteiger charge is 2.20. The number of aromatic nitrogens is 2. The lowest BCUT2D eigenvalue weighted by Crippen LogP contribution is -2.20. The monoisotopic (exact) mass is 182 g/mol. The summed E-state index contributed by atoms with van der Waals surface area (Å²) in [6, 6.07) is 1.59. The van der Waals surface area contributed by atoms with Crippen LogP contribution < -0.4 is 5.56 Å². The molecule has 1 atom stereocenters. The molecule has 1 aliphatic rings. The number of fused-ring (bicyclic) bond motifs is 1. The van der Waals surface area contributed by atoms with Crippen molar-refractivity contribution in [1.82, 2.24) is 9.55 Å². The Bertz CT molecular complexity index is 372. The van der Waals surface area contributed by atoms with Crippen LogP contribution in [-0.2, 0) is 6.54 Å². The summed E-state index contributed by atoms with van der Waals surface area (Å²) in [7, 11) is 0. The van der Waals surface area contributed by atoms with Crippen molar-refractivity contribution in [2.24, 2.45) is 0 Å². The lowest BCUT2D eigenvalue weighted by atomic mass is 10.4. The number of hydrogen-bond acceptors (Lipinski definition) is 3. The molecule has 0 spiro atoms. The zero-order chi connectivity index (χ0) is 8.72. The standard InChI is InChI=1S/C8H10N2OS/c1-5-3-7(11)10-4-6(2)12-8(10)9-5/h3,6H,4H2,1-2H3. The minimum atomic E-state index is 0.0781. The molecule has 0 aliphatic carbocycles. The molecular formula is C8H10N2OS. The van der Waals surface area contributed by atoms with Crippen LogP contribution in [0.3, 0.4) is 0 Å². The van der Waals surface area contributed by atoms with Gasteiger partial charge in [-0.15, -0.1) is 0 Å². The molecule has 1 aromatic heterocycles. The molecule has 3 nitrogen and oxygen atoms in total. The molecule has 0 saturated carbocycles. The van der Waals surface area contributed by atoms with Gasteiger partial charge in [0, 0.05) is 23.6 Å². The van der Waals surface area contributed by atoms with E-state index < -0.39 is 0 Å². The van der Waals surface area contributed by atoms with Crippen molar-refractivity contribution in [3.63, 3.8) is 0 Å². The van der Waals surface area contributed by atoms with E-state index in [-0.39, 0.29) is 5.56 Å². The molecule has 1 aliphatic heterocycles. The van der Waals surface area contributed by atoms with E-state index in [1.165, 1.54) is 0 Å². The molecule has 1 unspecified atom stereocenters. The highest BCUT2D eigenvalue weighted by molar-refractivity contribution is 7.99. The van der Waals surface area contributed by atoms with Gasteiger partial charge in [0.25, 0.3) is 5.56 Å². The molecule has 0 radical (unpaired) electrons. The molecule has 64 valence electrons. The molecule has 4 heteroatoms. The van der Waals surface area contributed by atoms with E-state index in [9.17, 15) is 4.79 Å². The van der Waals surface area contributed by atoms with Crippen LogP contribution in [0.4, 0.5) is 0 Å². The summed E-state index contributed by atoms with van der Waals surface area (Å²) in [6.45, 7) is 4.76. The Morgan fingerprint density at radius 1 is 1.75 bits per heavy atom. The maximum absolute atomic E-state index is 11.4. The highest BCUT2D eigenvalue weighted by atomic mass is 32.2. The van der Waals surface area contributed by atoms with Gasteiger partial charge in [-0.2, -0.15) is 0 Å². The fourth-order valence-corrected chi connectivity index (χ4v) is 2.40. The minimum Gasteiger partial charge on any atom is -0.286 e. The predicted molar refractivity (Wildman–Crippen MR) is 48.6 cm³/mol. The van der Waals surface area contributed by atoms with Gasteiger partial charge in [0.1, 0.15) is 0 Å². The van der Waals surface area contributed by atoms with Gasteiger partial charge in [0.05, 0.1) is 0 Å². The first kappa shape index (κ1) is 7.86. The molecule has 0 fully saturated rings. The first-order valence-electron chi connectivity index (χ1n) is 3.92. The van der Waals surface area contributed by atoms with Crippen LogP contribution in [0.25, 0.3) is 0 Å². The molecular weight excluding hydrogens is 172 g/mol. The van der Waals surface area contributed by atoms with Gasteiger partial charge in [0.15, 0.2) is 5.16 Å². The van der Waals surface area contributed by atoms with Gasteiger partial charge in [0.2, 0.25) is 0 Å². The third kappa shape index (κ3) is 1.16. The van der Waals surface area contributed by atoms with Crippen molar-refractivity contribution in [3.8, 4) is 0 Å². The number of aryl methyl sites for hydroxylation is 1. The summed E-state index contributed by atoms with van der Waals surface area (Å²) in [4.78, 5) is 15.7. The largest absolute Gasteiger partial charge is 0.286 e. The average molecular weight is 182 g/mol. The van der Waals surface area contributed by atoms with Gasteiger partial charge >= 0.3 is 0 Å². The molecule has 0 bridgehead atoms. The maximum Gasteiger partial charge on any atom is 0.254 e. The smallest absolute Gasteiger partial charge is 0.254 e. The SMILES string of the molecule is Cc1cc(=O)n2c(n1)SC(C)C2. The van der Waals surface area contributed by atoms with Gasteiger partial charge in [-0.05, 0) is 6.92 Å². The molecule has 0 amide bonds. The van der Waals surface area contributed by atoms with Crippen LogP contribution in [-0.4, -0.2) is 14.8 Å². The number of nitrogens with zero attached hydrogens (tertiary/aromatic N) is 2. The van der Waals surface area contributed by atoms with E-state index in [1.807, 2.05) is 6.92 Å². The van der Waals surface area contributed by atoms with E-state index in [1.54, 1.807) is 22.4 Å². The Labute approximate surface area is 74.8 Å². The molecule has 12 heavy (non-hydrogen) atoms.